The van der Waals surface area contributed by atoms with Crippen LogP contribution in [0, 0.1) is 0 Å². The zero-order valence-electron chi connectivity index (χ0n) is 30.2. The number of aryl methyl sites for hydroxylation is 1. The summed E-state index contributed by atoms with van der Waals surface area (Å²) < 4.78 is 9.80. The van der Waals surface area contributed by atoms with Crippen LogP contribution in [0.2, 0.25) is 0 Å². The van der Waals surface area contributed by atoms with Crippen LogP contribution >= 0.6 is 0 Å². The van der Waals surface area contributed by atoms with E-state index in [2.05, 4.69) is 60.7 Å². The number of piperazine rings is 1. The van der Waals surface area contributed by atoms with Crippen molar-refractivity contribution < 1.29 is 44.1 Å². The Kier molecular flexibility index (Phi) is 14.2. The number of amides is 1. The molecule has 52 heavy (non-hydrogen) atoms. The Bertz CT molecular complexity index is 1880. The number of nitrogens with one attached hydrogen (secondary N) is 2. The van der Waals surface area contributed by atoms with Crippen LogP contribution in [0.1, 0.15) is 68.5 Å². The van der Waals surface area contributed by atoms with Gasteiger partial charge in [-0.25, -0.2) is 0 Å². The standard InChI is InChI=1S/C41H50N6O3.2ClH/c1-43(34-18-9-4-10-19-34)38(48)21-12-31-50-37-23-22-35-40(42-37)46-25-11-20-36(46)41(49)47(35)26-13-24-44-27-29-45(30-28-44)39(32-14-5-2-6-15-32)33-16-7-3-8-17-33;;/h2-3,5-8,11,14-17,20,22-23,25,34,39H,4,9-10,12-13,18-19,21,24,26-31H2,1H3;2*1H. The van der Waals surface area contributed by atoms with E-state index in [0.717, 1.165) is 57.5 Å². The van der Waals surface area contributed by atoms with E-state index in [9.17, 15) is 9.59 Å². The van der Waals surface area contributed by atoms with Crippen molar-refractivity contribution in [1.29, 1.82) is 0 Å². The number of ether oxygens (including phenoxy) is 1. The number of carbonyl (C=O) groups is 1. The lowest BCUT2D eigenvalue weighted by Gasteiger charge is -2.35. The summed E-state index contributed by atoms with van der Waals surface area (Å²) >= 11 is 0. The van der Waals surface area contributed by atoms with Crippen LogP contribution in [0.4, 0.5) is 0 Å². The monoisotopic (exact) mass is 746 g/mol. The first-order chi connectivity index (χ1) is 24.6. The highest BCUT2D eigenvalue weighted by Gasteiger charge is 2.31. The van der Waals surface area contributed by atoms with Gasteiger partial charge in [0.25, 0.3) is 5.56 Å². The normalized spacial score (nSPS) is 17.8. The Balaban J connectivity index is 0.00000261. The third kappa shape index (κ3) is 9.00. The van der Waals surface area contributed by atoms with Crippen molar-refractivity contribution >= 4 is 22.6 Å². The van der Waals surface area contributed by atoms with Gasteiger partial charge in [-0.2, -0.15) is 4.98 Å². The molecule has 0 unspecified atom stereocenters. The topological polar surface area (TPSA) is 77.7 Å². The number of nitrogens with zero attached hydrogens (tertiary/aromatic N) is 4. The predicted octanol–water partition coefficient (Wildman–Crippen LogP) is -2.43. The van der Waals surface area contributed by atoms with Gasteiger partial charge >= 0.3 is 0 Å². The second-order valence-corrected chi connectivity index (χ2v) is 14.2. The molecule has 0 bridgehead atoms. The maximum atomic E-state index is 13.6. The first-order valence-corrected chi connectivity index (χ1v) is 18.7. The molecule has 3 aromatic heterocycles. The van der Waals surface area contributed by atoms with Crippen molar-refractivity contribution in [2.75, 3.05) is 46.4 Å². The van der Waals surface area contributed by atoms with E-state index in [1.54, 1.807) is 9.80 Å². The Labute approximate surface area is 319 Å². The van der Waals surface area contributed by atoms with Crippen molar-refractivity contribution in [3.8, 4) is 5.88 Å². The molecule has 1 aliphatic carbocycles. The number of hydrogen-bond donors (Lipinski definition) is 2. The summed E-state index contributed by atoms with van der Waals surface area (Å²) in [6.07, 6.45) is 9.86. The average Bonchev–Trinajstić information content (AvgIpc) is 3.67. The fourth-order valence-corrected chi connectivity index (χ4v) is 8.26. The Hall–Kier alpha value is -3.89. The van der Waals surface area contributed by atoms with Crippen LogP contribution in [0.3, 0.4) is 0 Å². The van der Waals surface area contributed by atoms with Gasteiger partial charge in [0.2, 0.25) is 11.8 Å². The number of quaternary nitrogens is 2. The zero-order chi connectivity index (χ0) is 34.3. The molecule has 9 nitrogen and oxygen atoms in total. The molecule has 1 saturated carbocycles. The lowest BCUT2D eigenvalue weighted by molar-refractivity contribution is -1.02. The molecular formula is C41H52Cl2N6O3. The minimum absolute atomic E-state index is 0. The van der Waals surface area contributed by atoms with Gasteiger partial charge in [0, 0.05) is 55.9 Å². The summed E-state index contributed by atoms with van der Waals surface area (Å²) in [5, 5.41) is 0. The average molecular weight is 748 g/mol. The number of carbonyl (C=O) groups excluding carboxylic acids is 1. The van der Waals surface area contributed by atoms with Gasteiger partial charge in [0.15, 0.2) is 5.65 Å². The highest BCUT2D eigenvalue weighted by molar-refractivity contribution is 5.76. The third-order valence-corrected chi connectivity index (χ3v) is 11.0. The Morgan fingerprint density at radius 3 is 2.19 bits per heavy atom. The molecule has 1 amide bonds. The molecular weight excluding hydrogens is 695 g/mol. The van der Waals surface area contributed by atoms with E-state index in [1.807, 2.05) is 51.4 Å². The maximum Gasteiger partial charge on any atom is 0.275 e. The van der Waals surface area contributed by atoms with Gasteiger partial charge in [-0.3, -0.25) is 14.0 Å². The van der Waals surface area contributed by atoms with Crippen LogP contribution in [-0.4, -0.2) is 77.2 Å². The lowest BCUT2D eigenvalue weighted by Crippen LogP contribution is -3.28. The van der Waals surface area contributed by atoms with Gasteiger partial charge in [0.1, 0.15) is 37.7 Å². The van der Waals surface area contributed by atoms with Crippen LogP contribution in [0.15, 0.2) is 95.9 Å². The summed E-state index contributed by atoms with van der Waals surface area (Å²) in [5.74, 6) is 0.707. The maximum absolute atomic E-state index is 13.6. The van der Waals surface area contributed by atoms with Crippen LogP contribution < -0.4 is 44.9 Å². The van der Waals surface area contributed by atoms with Gasteiger partial charge in [-0.1, -0.05) is 79.9 Å². The molecule has 1 saturated heterocycles. The van der Waals surface area contributed by atoms with E-state index in [0.29, 0.717) is 55.1 Å². The molecule has 4 heterocycles. The second-order valence-electron chi connectivity index (χ2n) is 14.2. The molecule has 7 rings (SSSR count). The summed E-state index contributed by atoms with van der Waals surface area (Å²) in [7, 11) is 1.95. The molecule has 278 valence electrons. The quantitative estimate of drug-likeness (QED) is 0.132. The van der Waals surface area contributed by atoms with Crippen molar-refractivity contribution in [3.05, 3.63) is 113 Å². The van der Waals surface area contributed by atoms with Gasteiger partial charge in [-0.15, -0.1) is 0 Å². The first kappa shape index (κ1) is 39.3. The molecule has 0 spiro atoms. The summed E-state index contributed by atoms with van der Waals surface area (Å²) in [4.78, 5) is 36.4. The van der Waals surface area contributed by atoms with Crippen molar-refractivity contribution in [2.24, 2.45) is 0 Å². The smallest absolute Gasteiger partial charge is 0.275 e. The van der Waals surface area contributed by atoms with Crippen LogP contribution in [-0.2, 0) is 11.3 Å². The van der Waals surface area contributed by atoms with Crippen molar-refractivity contribution in [3.63, 3.8) is 0 Å². The van der Waals surface area contributed by atoms with Gasteiger partial charge in [-0.05, 0) is 37.5 Å². The fourth-order valence-electron chi connectivity index (χ4n) is 8.26. The highest BCUT2D eigenvalue weighted by atomic mass is 35.5. The first-order valence-electron chi connectivity index (χ1n) is 18.7. The van der Waals surface area contributed by atoms with Crippen molar-refractivity contribution in [2.45, 2.75) is 70.0 Å². The molecule has 5 aromatic rings. The summed E-state index contributed by atoms with van der Waals surface area (Å²) in [6.45, 7) is 6.55. The molecule has 11 heteroatoms. The Morgan fingerprint density at radius 1 is 0.846 bits per heavy atom. The second kappa shape index (κ2) is 18.7. The number of hydrogen-bond acceptors (Lipinski definition) is 4. The zero-order valence-corrected chi connectivity index (χ0v) is 31.7. The summed E-state index contributed by atoms with van der Waals surface area (Å²) in [5.41, 5.74) is 4.91. The largest absolute Gasteiger partial charge is 1.00 e. The highest BCUT2D eigenvalue weighted by Crippen LogP contribution is 2.23. The molecule has 2 aliphatic rings. The van der Waals surface area contributed by atoms with E-state index >= 15 is 0 Å². The van der Waals surface area contributed by atoms with E-state index in [-0.39, 0.29) is 36.3 Å². The van der Waals surface area contributed by atoms with Gasteiger partial charge < -0.3 is 48.8 Å². The van der Waals surface area contributed by atoms with Gasteiger partial charge in [0.05, 0.1) is 18.7 Å². The summed E-state index contributed by atoms with van der Waals surface area (Å²) in [6, 6.07) is 30.1. The van der Waals surface area contributed by atoms with Crippen LogP contribution in [0.5, 0.6) is 5.88 Å². The minimum Gasteiger partial charge on any atom is -1.00 e. The third-order valence-electron chi connectivity index (χ3n) is 11.0. The molecule has 0 radical (unpaired) electrons. The number of pyridine rings is 1. The number of fused-ring (bicyclic) bond motifs is 3. The predicted molar refractivity (Wildman–Crippen MR) is 197 cm³/mol. The number of benzene rings is 2. The van der Waals surface area contributed by atoms with E-state index in [4.69, 9.17) is 9.72 Å². The molecule has 1 aliphatic heterocycles. The van der Waals surface area contributed by atoms with Crippen molar-refractivity contribution in [1.82, 2.24) is 18.9 Å². The SMILES string of the molecule is CN(C(=O)CCCOc1ccc2c(n1)n1cccc1c(=O)n2CCC[NH+]1CC[NH+](C(c2ccccc2)c2ccccc2)CC1)C1CCCCC1.[Cl-].[Cl-]. The molecule has 2 N–H and O–H groups in total. The van der Waals surface area contributed by atoms with Crippen LogP contribution in [0.25, 0.3) is 16.7 Å². The fraction of sp³-hybridized carbons (Fsp3) is 0.439. The van der Waals surface area contributed by atoms with E-state index < -0.39 is 0 Å². The Morgan fingerprint density at radius 2 is 1.52 bits per heavy atom. The number of rotatable bonds is 13. The number of halogens is 2. The molecule has 2 aromatic carbocycles. The molecule has 0 atom stereocenters. The number of aromatic nitrogens is 3. The van der Waals surface area contributed by atoms with E-state index in [1.165, 1.54) is 30.4 Å². The minimum atomic E-state index is 0. The molecule has 2 fully saturated rings. The lowest BCUT2D eigenvalue weighted by atomic mass is 9.94.